The monoisotopic (exact) mass is 414 g/mol. The lowest BCUT2D eigenvalue weighted by molar-refractivity contribution is -0.148. The molecule has 0 bridgehead atoms. The summed E-state index contributed by atoms with van der Waals surface area (Å²) in [4.78, 5) is 22.7. The number of fused-ring (bicyclic) bond motifs is 5. The molecule has 7 atom stereocenters. The fraction of sp³-hybridized carbons (Fsp3) is 0.769. The molecular formula is C26H38O4. The quantitative estimate of drug-likeness (QED) is 0.193. The number of carbonyl (C=O) groups is 2. The van der Waals surface area contributed by atoms with E-state index in [1.54, 1.807) is 6.08 Å². The van der Waals surface area contributed by atoms with Gasteiger partial charge in [0.25, 0.3) is 0 Å². The van der Waals surface area contributed by atoms with Gasteiger partial charge in [-0.2, -0.15) is 0 Å². The van der Waals surface area contributed by atoms with E-state index in [1.165, 1.54) is 31.8 Å². The van der Waals surface area contributed by atoms with Gasteiger partial charge in [0.05, 0.1) is 6.61 Å². The summed E-state index contributed by atoms with van der Waals surface area (Å²) in [5.74, 6) is 3.25. The molecule has 0 aromatic rings. The van der Waals surface area contributed by atoms with Crippen LogP contribution < -0.4 is 0 Å². The van der Waals surface area contributed by atoms with Crippen molar-refractivity contribution in [1.82, 2.24) is 0 Å². The molecule has 0 amide bonds. The number of carbonyl (C=O) groups excluding carboxylic acids is 2. The molecule has 0 heterocycles. The normalized spacial score (nSPS) is 43.0. The van der Waals surface area contributed by atoms with Crippen LogP contribution in [0, 0.1) is 34.5 Å². The molecule has 4 aliphatic carbocycles. The van der Waals surface area contributed by atoms with Crippen LogP contribution in [0.25, 0.3) is 0 Å². The van der Waals surface area contributed by atoms with Gasteiger partial charge in [0.1, 0.15) is 18.1 Å². The maximum absolute atomic E-state index is 11.4. The van der Waals surface area contributed by atoms with Crippen molar-refractivity contribution < 1.29 is 19.1 Å². The summed E-state index contributed by atoms with van der Waals surface area (Å²) >= 11 is 0. The van der Waals surface area contributed by atoms with Gasteiger partial charge in [-0.05, 0) is 80.5 Å². The van der Waals surface area contributed by atoms with E-state index in [4.69, 9.17) is 9.47 Å². The Morgan fingerprint density at radius 1 is 1.17 bits per heavy atom. The zero-order valence-electron chi connectivity index (χ0n) is 19.1. The average molecular weight is 415 g/mol. The number of esters is 1. The van der Waals surface area contributed by atoms with Crippen LogP contribution in [-0.4, -0.2) is 25.0 Å². The Morgan fingerprint density at radius 2 is 1.97 bits per heavy atom. The molecule has 0 spiro atoms. The van der Waals surface area contributed by atoms with Crippen molar-refractivity contribution in [1.29, 1.82) is 0 Å². The maximum atomic E-state index is 11.4. The van der Waals surface area contributed by atoms with E-state index in [-0.39, 0.29) is 22.9 Å². The smallest absolute Gasteiger partial charge is 0.302 e. The molecule has 4 heteroatoms. The molecule has 0 aliphatic heterocycles. The topological polar surface area (TPSA) is 52.6 Å². The van der Waals surface area contributed by atoms with Crippen molar-refractivity contribution in [3.63, 3.8) is 0 Å². The number of hydrogen-bond acceptors (Lipinski definition) is 4. The van der Waals surface area contributed by atoms with E-state index in [1.807, 2.05) is 6.92 Å². The molecule has 0 aromatic carbocycles. The van der Waals surface area contributed by atoms with Crippen molar-refractivity contribution in [3.8, 4) is 0 Å². The minimum atomic E-state index is -0.156. The molecule has 0 N–H and O–H groups in total. The molecule has 0 aromatic heterocycles. The van der Waals surface area contributed by atoms with Gasteiger partial charge in [-0.25, -0.2) is 0 Å². The highest BCUT2D eigenvalue weighted by Gasteiger charge is 2.59. The predicted octanol–water partition coefficient (Wildman–Crippen LogP) is 5.62. The van der Waals surface area contributed by atoms with E-state index < -0.39 is 0 Å². The van der Waals surface area contributed by atoms with Crippen molar-refractivity contribution >= 4 is 12.3 Å². The molecular weight excluding hydrogens is 376 g/mol. The van der Waals surface area contributed by atoms with Crippen molar-refractivity contribution in [2.24, 2.45) is 34.5 Å². The Labute approximate surface area is 181 Å². The summed E-state index contributed by atoms with van der Waals surface area (Å²) in [6, 6.07) is 0. The summed E-state index contributed by atoms with van der Waals surface area (Å²) in [7, 11) is 0. The number of aldehydes is 1. The van der Waals surface area contributed by atoms with Crippen LogP contribution >= 0.6 is 0 Å². The van der Waals surface area contributed by atoms with Gasteiger partial charge in [0, 0.05) is 25.3 Å². The Morgan fingerprint density at radius 3 is 2.67 bits per heavy atom. The summed E-state index contributed by atoms with van der Waals surface area (Å²) in [5, 5.41) is 0. The number of allylic oxidation sites excluding steroid dienone is 3. The van der Waals surface area contributed by atoms with Crippen LogP contribution in [0.2, 0.25) is 0 Å². The second-order valence-corrected chi connectivity index (χ2v) is 10.5. The van der Waals surface area contributed by atoms with Crippen LogP contribution in [0.4, 0.5) is 0 Å². The molecule has 0 radical (unpaired) electrons. The molecule has 3 saturated carbocycles. The van der Waals surface area contributed by atoms with Gasteiger partial charge in [0.2, 0.25) is 0 Å². The van der Waals surface area contributed by atoms with Crippen LogP contribution in [0.15, 0.2) is 23.5 Å². The summed E-state index contributed by atoms with van der Waals surface area (Å²) in [6.45, 7) is 9.09. The van der Waals surface area contributed by atoms with Gasteiger partial charge in [-0.1, -0.05) is 25.5 Å². The third-order valence-corrected chi connectivity index (χ3v) is 9.28. The summed E-state index contributed by atoms with van der Waals surface area (Å²) < 4.78 is 11.5. The third kappa shape index (κ3) is 3.44. The Kier molecular flexibility index (Phi) is 5.89. The van der Waals surface area contributed by atoms with Crippen LogP contribution in [0.3, 0.4) is 0 Å². The molecule has 4 rings (SSSR count). The maximum Gasteiger partial charge on any atom is 0.302 e. The molecule has 3 fully saturated rings. The fourth-order valence-corrected chi connectivity index (χ4v) is 7.93. The largest absolute Gasteiger partial charge is 0.498 e. The van der Waals surface area contributed by atoms with Gasteiger partial charge in [-0.3, -0.25) is 9.59 Å². The lowest BCUT2D eigenvalue weighted by atomic mass is 9.47. The highest BCUT2D eigenvalue weighted by Crippen LogP contribution is 2.67. The average Bonchev–Trinajstić information content (AvgIpc) is 3.05. The zero-order valence-corrected chi connectivity index (χ0v) is 19.1. The highest BCUT2D eigenvalue weighted by molar-refractivity contribution is 5.66. The first-order chi connectivity index (χ1) is 14.3. The first kappa shape index (κ1) is 21.6. The van der Waals surface area contributed by atoms with Crippen LogP contribution in [0.5, 0.6) is 0 Å². The Balaban J connectivity index is 1.57. The molecule has 0 saturated heterocycles. The number of rotatable bonds is 5. The SMILES string of the molecule is CCO/C(=C/C=O)[C@H]1CC[C@H]2[C@@H]3CC=C4C[C@@H](OC(C)=O)CC[C@]4(C)[C@H]3CC[C@]12C. The van der Waals surface area contributed by atoms with Gasteiger partial charge in [0.15, 0.2) is 0 Å². The highest BCUT2D eigenvalue weighted by atomic mass is 16.5. The van der Waals surface area contributed by atoms with Crippen LogP contribution in [-0.2, 0) is 19.1 Å². The third-order valence-electron chi connectivity index (χ3n) is 9.28. The predicted molar refractivity (Wildman–Crippen MR) is 117 cm³/mol. The molecule has 0 unspecified atom stereocenters. The van der Waals surface area contributed by atoms with Crippen molar-refractivity contribution in [3.05, 3.63) is 23.5 Å². The van der Waals surface area contributed by atoms with E-state index >= 15 is 0 Å². The molecule has 4 nitrogen and oxygen atoms in total. The van der Waals surface area contributed by atoms with Crippen LogP contribution in [0.1, 0.15) is 79.1 Å². The zero-order chi connectivity index (χ0) is 21.5. The second kappa shape index (κ2) is 8.16. The second-order valence-electron chi connectivity index (χ2n) is 10.5. The van der Waals surface area contributed by atoms with E-state index in [0.29, 0.717) is 24.4 Å². The first-order valence-electron chi connectivity index (χ1n) is 12.0. The molecule has 30 heavy (non-hydrogen) atoms. The number of ether oxygens (including phenoxy) is 2. The minimum Gasteiger partial charge on any atom is -0.498 e. The van der Waals surface area contributed by atoms with E-state index in [0.717, 1.165) is 50.1 Å². The van der Waals surface area contributed by atoms with Gasteiger partial charge >= 0.3 is 5.97 Å². The van der Waals surface area contributed by atoms with Gasteiger partial charge < -0.3 is 9.47 Å². The Bertz CT molecular complexity index is 752. The summed E-state index contributed by atoms with van der Waals surface area (Å²) in [5.41, 5.74) is 2.01. The minimum absolute atomic E-state index is 0.0605. The van der Waals surface area contributed by atoms with Crippen molar-refractivity contribution in [2.45, 2.75) is 85.2 Å². The lowest BCUT2D eigenvalue weighted by Crippen LogP contribution is -2.50. The first-order valence-corrected chi connectivity index (χ1v) is 12.0. The van der Waals surface area contributed by atoms with E-state index in [9.17, 15) is 9.59 Å². The Hall–Kier alpha value is -1.58. The van der Waals surface area contributed by atoms with Gasteiger partial charge in [-0.15, -0.1) is 0 Å². The van der Waals surface area contributed by atoms with E-state index in [2.05, 4.69) is 19.9 Å². The fourth-order valence-electron chi connectivity index (χ4n) is 7.93. The molecule has 4 aliphatic rings. The molecule has 166 valence electrons. The number of hydrogen-bond donors (Lipinski definition) is 0. The van der Waals surface area contributed by atoms with Crippen molar-refractivity contribution in [2.75, 3.05) is 6.61 Å². The lowest BCUT2D eigenvalue weighted by Gasteiger charge is -2.58. The standard InChI is InChI=1S/C26H38O4/c1-5-29-24(12-15-27)23-9-8-21-20-7-6-18-16-19(30-17(2)28)10-13-25(18,3)22(20)11-14-26(21,23)4/h6,12,15,19-23H,5,7-11,13-14,16H2,1-4H3/b24-12+/t19-,20-,21-,22-,23+,25-,26-/m0/s1. The summed E-state index contributed by atoms with van der Waals surface area (Å²) in [6.07, 6.45) is 14.1.